The van der Waals surface area contributed by atoms with Crippen molar-refractivity contribution in [2.75, 3.05) is 7.11 Å². The molecule has 6 aromatic rings. The van der Waals surface area contributed by atoms with Gasteiger partial charge in [0.05, 0.1) is 24.2 Å². The van der Waals surface area contributed by atoms with Crippen LogP contribution in [-0.2, 0) is 6.61 Å². The summed E-state index contributed by atoms with van der Waals surface area (Å²) in [5.74, 6) is 1.19. The van der Waals surface area contributed by atoms with Gasteiger partial charge in [0, 0.05) is 10.9 Å². The van der Waals surface area contributed by atoms with Gasteiger partial charge in [0.15, 0.2) is 17.3 Å². The third-order valence-corrected chi connectivity index (χ3v) is 6.21. The number of ether oxygens (including phenoxy) is 2. The van der Waals surface area contributed by atoms with Crippen molar-refractivity contribution >= 4 is 28.1 Å². The van der Waals surface area contributed by atoms with Gasteiger partial charge in [-0.05, 0) is 54.1 Å². The summed E-state index contributed by atoms with van der Waals surface area (Å²) in [5, 5.41) is 5.84. The zero-order valence-electron chi connectivity index (χ0n) is 20.9. The second-order valence-electron chi connectivity index (χ2n) is 8.76. The highest BCUT2D eigenvalue weighted by Crippen LogP contribution is 2.31. The number of fused-ring (bicyclic) bond motifs is 2. The summed E-state index contributed by atoms with van der Waals surface area (Å²) in [6, 6.07) is 28.0. The highest BCUT2D eigenvalue weighted by molar-refractivity contribution is 5.86. The maximum atomic E-state index is 13.7. The number of halogens is 1. The van der Waals surface area contributed by atoms with Gasteiger partial charge >= 0.3 is 0 Å². The predicted molar refractivity (Wildman–Crippen MR) is 148 cm³/mol. The summed E-state index contributed by atoms with van der Waals surface area (Å²) >= 11 is 0. The Hall–Kier alpha value is -5.24. The van der Waals surface area contributed by atoms with Crippen LogP contribution in [0.3, 0.4) is 0 Å². The number of benzene rings is 4. The largest absolute Gasteiger partial charge is 0.493 e. The molecule has 7 nitrogen and oxygen atoms in total. The number of hydrogen-bond donors (Lipinski definition) is 0. The lowest BCUT2D eigenvalue weighted by atomic mass is 10.2. The lowest BCUT2D eigenvalue weighted by Crippen LogP contribution is -2.20. The molecule has 0 saturated carbocycles. The van der Waals surface area contributed by atoms with Crippen molar-refractivity contribution in [1.29, 1.82) is 0 Å². The van der Waals surface area contributed by atoms with E-state index in [2.05, 4.69) is 5.10 Å². The van der Waals surface area contributed by atoms with Gasteiger partial charge in [-0.25, -0.2) is 9.37 Å². The average molecular weight is 520 g/mol. The van der Waals surface area contributed by atoms with Crippen molar-refractivity contribution in [3.05, 3.63) is 124 Å². The molecule has 0 bridgehead atoms. The molecule has 0 fully saturated rings. The van der Waals surface area contributed by atoms with E-state index in [4.69, 9.17) is 18.9 Å². The molecule has 0 atom stereocenters. The van der Waals surface area contributed by atoms with Crippen molar-refractivity contribution in [2.24, 2.45) is 5.10 Å². The number of furan rings is 1. The Labute approximate surface area is 222 Å². The third-order valence-electron chi connectivity index (χ3n) is 6.21. The van der Waals surface area contributed by atoms with E-state index in [1.165, 1.54) is 30.1 Å². The molecule has 8 heteroatoms. The molecule has 0 amide bonds. The Morgan fingerprint density at radius 2 is 1.79 bits per heavy atom. The summed E-state index contributed by atoms with van der Waals surface area (Å²) in [6.07, 6.45) is 1.51. The normalized spacial score (nSPS) is 11.4. The summed E-state index contributed by atoms with van der Waals surface area (Å²) in [6.45, 7) is 0.112. The average Bonchev–Trinajstić information content (AvgIpc) is 3.40. The van der Waals surface area contributed by atoms with Gasteiger partial charge in [0.2, 0.25) is 5.82 Å². The first-order valence-corrected chi connectivity index (χ1v) is 12.2. The fourth-order valence-electron chi connectivity index (χ4n) is 4.33. The second-order valence-corrected chi connectivity index (χ2v) is 8.76. The maximum Gasteiger partial charge on any atom is 0.282 e. The van der Waals surface area contributed by atoms with Crippen LogP contribution in [-0.4, -0.2) is 23.0 Å². The summed E-state index contributed by atoms with van der Waals surface area (Å²) in [4.78, 5) is 18.3. The molecule has 39 heavy (non-hydrogen) atoms. The molecule has 0 spiro atoms. The molecule has 0 aliphatic heterocycles. The van der Waals surface area contributed by atoms with Gasteiger partial charge in [-0.1, -0.05) is 48.5 Å². The van der Waals surface area contributed by atoms with Crippen LogP contribution in [0.2, 0.25) is 0 Å². The Kier molecular flexibility index (Phi) is 6.34. The number of hydrogen-bond acceptors (Lipinski definition) is 6. The lowest BCUT2D eigenvalue weighted by molar-refractivity contribution is 0.283. The van der Waals surface area contributed by atoms with Gasteiger partial charge in [-0.15, -0.1) is 0 Å². The minimum Gasteiger partial charge on any atom is -0.493 e. The van der Waals surface area contributed by atoms with Gasteiger partial charge in [0.25, 0.3) is 5.56 Å². The van der Waals surface area contributed by atoms with E-state index in [9.17, 15) is 9.18 Å². The van der Waals surface area contributed by atoms with Crippen LogP contribution in [0.1, 0.15) is 11.1 Å². The fourth-order valence-corrected chi connectivity index (χ4v) is 4.33. The van der Waals surface area contributed by atoms with Crippen molar-refractivity contribution in [3.63, 3.8) is 0 Å². The predicted octanol–water partition coefficient (Wildman–Crippen LogP) is 6.42. The Morgan fingerprint density at radius 1 is 0.974 bits per heavy atom. The van der Waals surface area contributed by atoms with Crippen molar-refractivity contribution in [2.45, 2.75) is 6.61 Å². The van der Waals surface area contributed by atoms with Crippen molar-refractivity contribution in [3.8, 4) is 23.1 Å². The standard InChI is InChI=1S/C31H22FN3O4/c1-37-27-15-7-10-22(29(27)38-19-20-8-6-11-23(32)16-20)18-33-35-30(28-17-21-9-2-5-14-26(21)39-28)34-25-13-4-3-12-24(25)31(35)36/h2-18H,19H2,1H3. The van der Waals surface area contributed by atoms with Gasteiger partial charge in [-0.2, -0.15) is 9.78 Å². The smallest absolute Gasteiger partial charge is 0.282 e. The number of nitrogens with zero attached hydrogens (tertiary/aromatic N) is 3. The first-order valence-electron chi connectivity index (χ1n) is 12.2. The van der Waals surface area contributed by atoms with E-state index in [-0.39, 0.29) is 23.8 Å². The molecule has 4 aromatic carbocycles. The Balaban J connectivity index is 1.45. The van der Waals surface area contributed by atoms with E-state index >= 15 is 0 Å². The topological polar surface area (TPSA) is 78.9 Å². The quantitative estimate of drug-likeness (QED) is 0.228. The first kappa shape index (κ1) is 24.1. The van der Waals surface area contributed by atoms with Crippen LogP contribution in [0.25, 0.3) is 33.5 Å². The van der Waals surface area contributed by atoms with Crippen LogP contribution in [0, 0.1) is 5.82 Å². The highest BCUT2D eigenvalue weighted by Gasteiger charge is 2.17. The van der Waals surface area contributed by atoms with E-state index in [1.807, 2.05) is 36.4 Å². The number of methoxy groups -OCH3 is 1. The minimum atomic E-state index is -0.350. The fraction of sp³-hybridized carbons (Fsp3) is 0.0645. The molecule has 0 N–H and O–H groups in total. The van der Waals surface area contributed by atoms with E-state index in [1.54, 1.807) is 48.5 Å². The van der Waals surface area contributed by atoms with Gasteiger partial charge in [0.1, 0.15) is 18.0 Å². The lowest BCUT2D eigenvalue weighted by Gasteiger charge is -2.13. The number of aromatic nitrogens is 2. The summed E-state index contributed by atoms with van der Waals surface area (Å²) in [5.41, 5.74) is 2.07. The maximum absolute atomic E-state index is 13.7. The van der Waals surface area contributed by atoms with E-state index in [0.717, 1.165) is 5.39 Å². The molecule has 0 radical (unpaired) electrons. The highest BCUT2D eigenvalue weighted by atomic mass is 19.1. The van der Waals surface area contributed by atoms with Crippen molar-refractivity contribution < 1.29 is 18.3 Å². The van der Waals surface area contributed by atoms with E-state index < -0.39 is 0 Å². The molecule has 6 rings (SSSR count). The van der Waals surface area contributed by atoms with Crippen LogP contribution in [0.5, 0.6) is 11.5 Å². The number of para-hydroxylation sites is 3. The molecular weight excluding hydrogens is 497 g/mol. The van der Waals surface area contributed by atoms with Crippen LogP contribution < -0.4 is 15.0 Å². The molecule has 0 aliphatic carbocycles. The van der Waals surface area contributed by atoms with Crippen molar-refractivity contribution in [1.82, 2.24) is 9.66 Å². The molecule has 0 aliphatic rings. The summed E-state index contributed by atoms with van der Waals surface area (Å²) in [7, 11) is 1.53. The second kappa shape index (κ2) is 10.3. The SMILES string of the molecule is COc1cccc(C=Nn2c(-c3cc4ccccc4o3)nc3ccccc3c2=O)c1OCc1cccc(F)c1. The number of rotatable bonds is 7. The third kappa shape index (κ3) is 4.75. The van der Waals surface area contributed by atoms with Gasteiger partial charge < -0.3 is 13.9 Å². The zero-order valence-corrected chi connectivity index (χ0v) is 20.9. The molecule has 192 valence electrons. The van der Waals surface area contributed by atoms with Crippen LogP contribution in [0.15, 0.2) is 111 Å². The minimum absolute atomic E-state index is 0.112. The van der Waals surface area contributed by atoms with Gasteiger partial charge in [-0.3, -0.25) is 4.79 Å². The van der Waals surface area contributed by atoms with Crippen LogP contribution in [0.4, 0.5) is 4.39 Å². The zero-order chi connectivity index (χ0) is 26.8. The monoisotopic (exact) mass is 519 g/mol. The first-order chi connectivity index (χ1) is 19.1. The summed E-state index contributed by atoms with van der Waals surface area (Å²) < 4.78 is 32.5. The molecule has 2 aromatic heterocycles. The van der Waals surface area contributed by atoms with E-state index in [0.29, 0.717) is 44.9 Å². The molecule has 0 saturated heterocycles. The molecule has 2 heterocycles. The Morgan fingerprint density at radius 3 is 2.64 bits per heavy atom. The molecular formula is C31H22FN3O4. The van der Waals surface area contributed by atoms with Crippen LogP contribution >= 0.6 is 0 Å². The Bertz CT molecular complexity index is 1880. The molecule has 0 unspecified atom stereocenters.